The van der Waals surface area contributed by atoms with Gasteiger partial charge < -0.3 is 14.0 Å². The van der Waals surface area contributed by atoms with Crippen molar-refractivity contribution in [3.63, 3.8) is 0 Å². The van der Waals surface area contributed by atoms with E-state index in [4.69, 9.17) is 4.74 Å². The van der Waals surface area contributed by atoms with Crippen LogP contribution in [0.25, 0.3) is 16.9 Å². The molecular weight excluding hydrogens is 358 g/mol. The number of carbonyl (C=O) groups excluding carboxylic acids is 2. The van der Waals surface area contributed by atoms with Gasteiger partial charge in [0, 0.05) is 18.4 Å². The van der Waals surface area contributed by atoms with Gasteiger partial charge in [0.1, 0.15) is 13.1 Å². The average Bonchev–Trinajstić information content (AvgIpc) is 3.15. The normalized spacial score (nSPS) is 11.3. The minimum Gasteiger partial charge on any atom is -0.468 e. The van der Waals surface area contributed by atoms with Crippen LogP contribution in [0.15, 0.2) is 9.59 Å². The number of imidazole rings is 2. The Bertz CT molecular complexity index is 1210. The first kappa shape index (κ1) is 18.4. The van der Waals surface area contributed by atoms with E-state index in [1.54, 1.807) is 22.8 Å². The van der Waals surface area contributed by atoms with E-state index in [0.717, 1.165) is 10.3 Å². The fraction of sp³-hybridized carbons (Fsp3) is 0.438. The van der Waals surface area contributed by atoms with Crippen LogP contribution in [0.4, 0.5) is 0 Å². The van der Waals surface area contributed by atoms with Crippen LogP contribution in [0.5, 0.6) is 0 Å². The van der Waals surface area contributed by atoms with Crippen LogP contribution in [0.1, 0.15) is 11.4 Å². The van der Waals surface area contributed by atoms with E-state index in [0.29, 0.717) is 11.5 Å². The lowest BCUT2D eigenvalue weighted by Crippen LogP contribution is -2.41. The van der Waals surface area contributed by atoms with Gasteiger partial charge in [-0.05, 0) is 13.8 Å². The molecule has 0 saturated carbocycles. The van der Waals surface area contributed by atoms with Gasteiger partial charge in [0.25, 0.3) is 5.56 Å². The highest BCUT2D eigenvalue weighted by Gasteiger charge is 2.24. The predicted molar refractivity (Wildman–Crippen MR) is 93.7 cm³/mol. The van der Waals surface area contributed by atoms with E-state index >= 15 is 0 Å². The Morgan fingerprint density at radius 2 is 1.52 bits per heavy atom. The summed E-state index contributed by atoms with van der Waals surface area (Å²) in [6.45, 7) is 2.96. The van der Waals surface area contributed by atoms with Gasteiger partial charge in [0.05, 0.1) is 14.2 Å². The van der Waals surface area contributed by atoms with E-state index in [9.17, 15) is 19.2 Å². The molecule has 3 aromatic heterocycles. The van der Waals surface area contributed by atoms with Crippen LogP contribution in [0, 0.1) is 13.8 Å². The molecule has 0 aliphatic rings. The Morgan fingerprint density at radius 3 is 2.07 bits per heavy atom. The van der Waals surface area contributed by atoms with Gasteiger partial charge in [-0.2, -0.15) is 4.98 Å². The van der Waals surface area contributed by atoms with Gasteiger partial charge >= 0.3 is 17.6 Å². The van der Waals surface area contributed by atoms with Crippen LogP contribution >= 0.6 is 0 Å². The van der Waals surface area contributed by atoms with Crippen molar-refractivity contribution in [2.75, 3.05) is 14.2 Å². The van der Waals surface area contributed by atoms with Gasteiger partial charge in [-0.1, -0.05) is 0 Å². The Kier molecular flexibility index (Phi) is 4.38. The van der Waals surface area contributed by atoms with E-state index in [1.807, 2.05) is 0 Å². The van der Waals surface area contributed by atoms with E-state index in [-0.39, 0.29) is 17.7 Å². The molecule has 3 heterocycles. The molecule has 0 saturated heterocycles. The highest BCUT2D eigenvalue weighted by molar-refractivity contribution is 5.78. The predicted octanol–water partition coefficient (Wildman–Crippen LogP) is -0.888. The molecule has 0 aliphatic heterocycles. The minimum absolute atomic E-state index is 0.0900. The summed E-state index contributed by atoms with van der Waals surface area (Å²) in [5.74, 6) is -0.863. The SMILES string of the molecule is COC(=O)Cn1c(=O)c2c(nc3n(CC(=O)OC)c(C)c(C)n23)n(C)c1=O. The first-order chi connectivity index (χ1) is 12.7. The van der Waals surface area contributed by atoms with E-state index in [1.165, 1.54) is 25.8 Å². The van der Waals surface area contributed by atoms with Crippen molar-refractivity contribution < 1.29 is 19.1 Å². The van der Waals surface area contributed by atoms with Gasteiger partial charge in [-0.3, -0.25) is 23.4 Å². The summed E-state index contributed by atoms with van der Waals surface area (Å²) in [6.07, 6.45) is 0. The van der Waals surface area contributed by atoms with Crippen LogP contribution in [0.2, 0.25) is 0 Å². The molecule has 0 aromatic carbocycles. The Labute approximate surface area is 152 Å². The number of aromatic nitrogens is 5. The molecule has 0 spiro atoms. The van der Waals surface area contributed by atoms with Crippen LogP contribution in [-0.4, -0.2) is 49.2 Å². The molecule has 0 radical (unpaired) electrons. The molecule has 0 aliphatic carbocycles. The molecule has 0 unspecified atom stereocenters. The number of fused-ring (bicyclic) bond motifs is 3. The number of carbonyl (C=O) groups is 2. The maximum absolute atomic E-state index is 13.0. The molecule has 0 N–H and O–H groups in total. The molecule has 3 rings (SSSR count). The standard InChI is InChI=1S/C16H19N5O6/c1-8-9(2)21-12-13(17-15(21)19(8)6-10(22)26-4)18(3)16(25)20(14(12)24)7-11(23)27-5/h6-7H2,1-5H3. The van der Waals surface area contributed by atoms with Crippen molar-refractivity contribution in [1.82, 2.24) is 23.1 Å². The van der Waals surface area contributed by atoms with Crippen molar-refractivity contribution in [2.45, 2.75) is 26.9 Å². The third-order valence-corrected chi connectivity index (χ3v) is 4.66. The second kappa shape index (κ2) is 6.41. The lowest BCUT2D eigenvalue weighted by atomic mass is 10.3. The molecule has 0 atom stereocenters. The third kappa shape index (κ3) is 2.62. The molecule has 0 fully saturated rings. The maximum atomic E-state index is 13.0. The monoisotopic (exact) mass is 377 g/mol. The summed E-state index contributed by atoms with van der Waals surface area (Å²) < 4.78 is 14.4. The van der Waals surface area contributed by atoms with Crippen molar-refractivity contribution >= 4 is 28.9 Å². The third-order valence-electron chi connectivity index (χ3n) is 4.66. The molecule has 3 aromatic rings. The van der Waals surface area contributed by atoms with Crippen LogP contribution in [-0.2, 0) is 39.2 Å². The van der Waals surface area contributed by atoms with Crippen LogP contribution < -0.4 is 11.2 Å². The fourth-order valence-electron chi connectivity index (χ4n) is 3.03. The minimum atomic E-state index is -0.717. The first-order valence-corrected chi connectivity index (χ1v) is 8.04. The average molecular weight is 377 g/mol. The molecule has 0 bridgehead atoms. The number of methoxy groups -OCH3 is 2. The second-order valence-electron chi connectivity index (χ2n) is 6.06. The summed E-state index contributed by atoms with van der Waals surface area (Å²) in [4.78, 5) is 53.2. The summed E-state index contributed by atoms with van der Waals surface area (Å²) in [5, 5.41) is 0. The number of aryl methyl sites for hydroxylation is 2. The summed E-state index contributed by atoms with van der Waals surface area (Å²) >= 11 is 0. The Balaban J connectivity index is 2.42. The summed E-state index contributed by atoms with van der Waals surface area (Å²) in [6, 6.07) is 0. The highest BCUT2D eigenvalue weighted by Crippen LogP contribution is 2.20. The number of nitrogens with zero attached hydrogens (tertiary/aromatic N) is 5. The molecule has 144 valence electrons. The zero-order chi connectivity index (χ0) is 20.0. The smallest absolute Gasteiger partial charge is 0.333 e. The summed E-state index contributed by atoms with van der Waals surface area (Å²) in [5.41, 5.74) is 0.342. The van der Waals surface area contributed by atoms with E-state index < -0.39 is 29.7 Å². The zero-order valence-electron chi connectivity index (χ0n) is 15.6. The molecule has 0 amide bonds. The van der Waals surface area contributed by atoms with Crippen molar-refractivity contribution in [3.05, 3.63) is 32.2 Å². The molecule has 11 heteroatoms. The summed E-state index contributed by atoms with van der Waals surface area (Å²) in [7, 11) is 3.91. The molecular formula is C16H19N5O6. The lowest BCUT2D eigenvalue weighted by Gasteiger charge is -2.07. The fourth-order valence-corrected chi connectivity index (χ4v) is 3.03. The number of hydrogen-bond donors (Lipinski definition) is 0. The number of hydrogen-bond acceptors (Lipinski definition) is 7. The van der Waals surface area contributed by atoms with Crippen molar-refractivity contribution in [1.29, 1.82) is 0 Å². The number of esters is 2. The van der Waals surface area contributed by atoms with Crippen LogP contribution in [0.3, 0.4) is 0 Å². The van der Waals surface area contributed by atoms with E-state index in [2.05, 4.69) is 9.72 Å². The van der Waals surface area contributed by atoms with Gasteiger partial charge in [-0.15, -0.1) is 0 Å². The van der Waals surface area contributed by atoms with Crippen molar-refractivity contribution in [3.8, 4) is 0 Å². The Hall–Kier alpha value is -3.37. The first-order valence-electron chi connectivity index (χ1n) is 8.04. The largest absolute Gasteiger partial charge is 0.468 e. The van der Waals surface area contributed by atoms with Gasteiger partial charge in [0.15, 0.2) is 11.2 Å². The Morgan fingerprint density at radius 1 is 0.963 bits per heavy atom. The quantitative estimate of drug-likeness (QED) is 0.541. The number of rotatable bonds is 4. The molecule has 27 heavy (non-hydrogen) atoms. The lowest BCUT2D eigenvalue weighted by molar-refractivity contribution is -0.142. The van der Waals surface area contributed by atoms with Gasteiger partial charge in [-0.25, -0.2) is 9.36 Å². The topological polar surface area (TPSA) is 119 Å². The highest BCUT2D eigenvalue weighted by atomic mass is 16.5. The zero-order valence-corrected chi connectivity index (χ0v) is 15.6. The van der Waals surface area contributed by atoms with Gasteiger partial charge in [0.2, 0.25) is 5.78 Å². The maximum Gasteiger partial charge on any atom is 0.333 e. The van der Waals surface area contributed by atoms with Crippen molar-refractivity contribution in [2.24, 2.45) is 7.05 Å². The molecule has 11 nitrogen and oxygen atoms in total. The number of ether oxygens (including phenoxy) is 2. The second-order valence-corrected chi connectivity index (χ2v) is 6.06.